The average Bonchev–Trinajstić information content (AvgIpc) is 2.92. The molecule has 2 aliphatic carbocycles. The fourth-order valence-corrected chi connectivity index (χ4v) is 5.61. The van der Waals surface area contributed by atoms with Crippen LogP contribution in [0.5, 0.6) is 5.75 Å². The van der Waals surface area contributed by atoms with Gasteiger partial charge in [0.1, 0.15) is 5.83 Å². The van der Waals surface area contributed by atoms with Crippen LogP contribution in [0.15, 0.2) is 72.4 Å². The van der Waals surface area contributed by atoms with E-state index in [1.54, 1.807) is 49.4 Å². The summed E-state index contributed by atoms with van der Waals surface area (Å²) < 4.78 is 64.5. The molecule has 1 fully saturated rings. The molecule has 0 radical (unpaired) electrons. The molecule has 6 heteroatoms. The second kappa shape index (κ2) is 12.8. The number of hydrogen-bond acceptors (Lipinski definition) is 2. The van der Waals surface area contributed by atoms with E-state index in [9.17, 15) is 22.7 Å². The van der Waals surface area contributed by atoms with Crippen LogP contribution >= 0.6 is 0 Å². The standard InChI is InChI=1S/C32H36F4O2/c1-3-4-19-38-28-18-17-27(31(35)32(28)36)23-8-5-21(6-9-23)7-10-25-15-16-26(30(34)29(25)33)24-13-11-22(12-14-24)20(2)37/h3,11-15,17-18,20-21,23,26,37H,1,4-10,16,19H2,2H3. The van der Waals surface area contributed by atoms with Gasteiger partial charge in [-0.15, -0.1) is 6.58 Å². The number of allylic oxidation sites excluding steroid dienone is 4. The van der Waals surface area contributed by atoms with Crippen molar-refractivity contribution >= 4 is 0 Å². The average molecular weight is 529 g/mol. The fourth-order valence-electron chi connectivity index (χ4n) is 5.61. The van der Waals surface area contributed by atoms with Gasteiger partial charge in [-0.25, -0.2) is 13.2 Å². The first kappa shape index (κ1) is 28.2. The molecule has 0 spiro atoms. The summed E-state index contributed by atoms with van der Waals surface area (Å²) in [6.07, 6.45) is 8.12. The minimum absolute atomic E-state index is 0.0630. The van der Waals surface area contributed by atoms with E-state index in [-0.39, 0.29) is 18.3 Å². The summed E-state index contributed by atoms with van der Waals surface area (Å²) in [6.45, 7) is 5.50. The van der Waals surface area contributed by atoms with Crippen LogP contribution in [0, 0.1) is 17.6 Å². The zero-order chi connectivity index (χ0) is 27.2. The Bertz CT molecular complexity index is 1170. The van der Waals surface area contributed by atoms with Gasteiger partial charge in [0.15, 0.2) is 17.4 Å². The van der Waals surface area contributed by atoms with Crippen molar-refractivity contribution in [2.75, 3.05) is 6.61 Å². The van der Waals surface area contributed by atoms with Gasteiger partial charge in [-0.05, 0) is 98.5 Å². The Labute approximate surface area is 222 Å². The lowest BCUT2D eigenvalue weighted by Gasteiger charge is -2.30. The van der Waals surface area contributed by atoms with Crippen molar-refractivity contribution < 1.29 is 27.4 Å². The molecule has 0 aliphatic heterocycles. The molecule has 204 valence electrons. The Kier molecular flexibility index (Phi) is 9.48. The molecule has 2 unspecified atom stereocenters. The Balaban J connectivity index is 1.30. The van der Waals surface area contributed by atoms with Crippen molar-refractivity contribution in [1.29, 1.82) is 0 Å². The van der Waals surface area contributed by atoms with Gasteiger partial charge in [-0.3, -0.25) is 0 Å². The minimum atomic E-state index is -0.945. The quantitative estimate of drug-likeness (QED) is 0.189. The molecular weight excluding hydrogens is 492 g/mol. The number of rotatable bonds is 10. The van der Waals surface area contributed by atoms with Crippen LogP contribution in [0.25, 0.3) is 0 Å². The van der Waals surface area contributed by atoms with Crippen LogP contribution in [0.3, 0.4) is 0 Å². The molecule has 0 aromatic heterocycles. The molecule has 2 aromatic carbocycles. The van der Waals surface area contributed by atoms with Gasteiger partial charge < -0.3 is 9.84 Å². The van der Waals surface area contributed by atoms with Crippen molar-refractivity contribution in [2.45, 2.75) is 76.2 Å². The minimum Gasteiger partial charge on any atom is -0.490 e. The first-order valence-electron chi connectivity index (χ1n) is 13.5. The van der Waals surface area contributed by atoms with Crippen LogP contribution in [0.2, 0.25) is 0 Å². The third kappa shape index (κ3) is 6.40. The maximum absolute atomic E-state index is 15.0. The Morgan fingerprint density at radius 3 is 2.37 bits per heavy atom. The largest absolute Gasteiger partial charge is 0.490 e. The van der Waals surface area contributed by atoms with E-state index in [1.165, 1.54) is 6.07 Å². The van der Waals surface area contributed by atoms with Gasteiger partial charge in [0.25, 0.3) is 0 Å². The smallest absolute Gasteiger partial charge is 0.200 e. The molecule has 2 nitrogen and oxygen atoms in total. The summed E-state index contributed by atoms with van der Waals surface area (Å²) >= 11 is 0. The first-order chi connectivity index (χ1) is 18.3. The van der Waals surface area contributed by atoms with Gasteiger partial charge >= 0.3 is 0 Å². The third-order valence-electron chi connectivity index (χ3n) is 7.98. The van der Waals surface area contributed by atoms with Gasteiger partial charge in [-0.2, -0.15) is 4.39 Å². The van der Waals surface area contributed by atoms with Gasteiger partial charge in [0, 0.05) is 5.92 Å². The van der Waals surface area contributed by atoms with Crippen LogP contribution in [-0.2, 0) is 0 Å². The van der Waals surface area contributed by atoms with Crippen molar-refractivity contribution in [3.63, 3.8) is 0 Å². The number of aliphatic hydroxyl groups is 1. The molecule has 2 atom stereocenters. The van der Waals surface area contributed by atoms with Crippen molar-refractivity contribution in [3.05, 3.63) is 101 Å². The molecule has 0 saturated heterocycles. The van der Waals surface area contributed by atoms with E-state index in [0.29, 0.717) is 41.9 Å². The molecular formula is C32H36F4O2. The highest BCUT2D eigenvalue weighted by Crippen LogP contribution is 2.43. The first-order valence-corrected chi connectivity index (χ1v) is 13.5. The second-order valence-corrected chi connectivity index (χ2v) is 10.5. The predicted octanol–water partition coefficient (Wildman–Crippen LogP) is 9.29. The lowest BCUT2D eigenvalue weighted by molar-refractivity contribution is 0.199. The zero-order valence-corrected chi connectivity index (χ0v) is 21.9. The summed E-state index contributed by atoms with van der Waals surface area (Å²) in [6, 6.07) is 10.1. The summed E-state index contributed by atoms with van der Waals surface area (Å²) in [5, 5.41) is 9.67. The SMILES string of the molecule is C=CCCOc1ccc(C2CCC(CCC3=CCC(c4ccc(C(C)O)cc4)C(F)=C3F)CC2)c(F)c1F. The zero-order valence-electron chi connectivity index (χ0n) is 21.9. The van der Waals surface area contributed by atoms with E-state index in [2.05, 4.69) is 6.58 Å². The number of aliphatic hydroxyl groups excluding tert-OH is 1. The number of benzene rings is 2. The molecule has 4 rings (SSSR count). The molecule has 0 bridgehead atoms. The number of hydrogen-bond donors (Lipinski definition) is 1. The van der Waals surface area contributed by atoms with Crippen LogP contribution in [0.1, 0.15) is 92.9 Å². The topological polar surface area (TPSA) is 29.5 Å². The molecule has 1 saturated carbocycles. The fraction of sp³-hybridized carbons (Fsp3) is 0.438. The van der Waals surface area contributed by atoms with E-state index in [1.807, 2.05) is 0 Å². The number of halogens is 4. The molecule has 2 aromatic rings. The van der Waals surface area contributed by atoms with Gasteiger partial charge in [-0.1, -0.05) is 42.5 Å². The van der Waals surface area contributed by atoms with Crippen molar-refractivity contribution in [3.8, 4) is 5.75 Å². The van der Waals surface area contributed by atoms with Crippen LogP contribution in [0.4, 0.5) is 17.6 Å². The molecule has 38 heavy (non-hydrogen) atoms. The Morgan fingerprint density at radius 2 is 1.71 bits per heavy atom. The normalized spacial score (nSPS) is 22.7. The highest BCUT2D eigenvalue weighted by molar-refractivity contribution is 5.40. The van der Waals surface area contributed by atoms with E-state index < -0.39 is 35.3 Å². The van der Waals surface area contributed by atoms with Gasteiger partial charge in [0.2, 0.25) is 5.82 Å². The molecule has 0 heterocycles. The van der Waals surface area contributed by atoms with Crippen molar-refractivity contribution in [1.82, 2.24) is 0 Å². The lowest BCUT2D eigenvalue weighted by Crippen LogP contribution is -2.16. The van der Waals surface area contributed by atoms with E-state index in [4.69, 9.17) is 4.74 Å². The van der Waals surface area contributed by atoms with Crippen molar-refractivity contribution in [2.24, 2.45) is 5.92 Å². The maximum atomic E-state index is 15.0. The molecule has 1 N–H and O–H groups in total. The predicted molar refractivity (Wildman–Crippen MR) is 142 cm³/mol. The lowest BCUT2D eigenvalue weighted by atomic mass is 9.76. The highest BCUT2D eigenvalue weighted by Gasteiger charge is 2.29. The number of ether oxygens (including phenoxy) is 1. The van der Waals surface area contributed by atoms with E-state index >= 15 is 0 Å². The van der Waals surface area contributed by atoms with E-state index in [0.717, 1.165) is 37.7 Å². The molecule has 0 amide bonds. The van der Waals surface area contributed by atoms with Crippen LogP contribution < -0.4 is 4.74 Å². The summed E-state index contributed by atoms with van der Waals surface area (Å²) in [7, 11) is 0. The Hall–Kier alpha value is -2.86. The summed E-state index contributed by atoms with van der Waals surface area (Å²) in [5.41, 5.74) is 2.23. The summed E-state index contributed by atoms with van der Waals surface area (Å²) in [4.78, 5) is 0. The maximum Gasteiger partial charge on any atom is 0.200 e. The van der Waals surface area contributed by atoms with Gasteiger partial charge in [0.05, 0.1) is 12.7 Å². The molecule has 2 aliphatic rings. The Morgan fingerprint density at radius 1 is 1.00 bits per heavy atom. The summed E-state index contributed by atoms with van der Waals surface area (Å²) in [5.74, 6) is -3.73. The second-order valence-electron chi connectivity index (χ2n) is 10.5. The highest BCUT2D eigenvalue weighted by atomic mass is 19.2. The third-order valence-corrected chi connectivity index (χ3v) is 7.98. The monoisotopic (exact) mass is 528 g/mol. The van der Waals surface area contributed by atoms with Crippen LogP contribution in [-0.4, -0.2) is 11.7 Å².